The maximum absolute atomic E-state index is 5.55. The van der Waals surface area contributed by atoms with Crippen molar-refractivity contribution >= 4 is 11.4 Å². The maximum atomic E-state index is 5.55. The number of methoxy groups -OCH3 is 2. The van der Waals surface area contributed by atoms with Gasteiger partial charge in [0, 0.05) is 23.8 Å². The zero-order chi connectivity index (χ0) is 19.2. The van der Waals surface area contributed by atoms with E-state index in [0.29, 0.717) is 0 Å². The van der Waals surface area contributed by atoms with Gasteiger partial charge in [-0.3, -0.25) is 0 Å². The Labute approximate surface area is 161 Å². The summed E-state index contributed by atoms with van der Waals surface area (Å²) in [6.07, 6.45) is 0. The molecular formula is C24H25NO2. The Balaban J connectivity index is 2.07. The Kier molecular flexibility index (Phi) is 4.11. The molecule has 0 aliphatic carbocycles. The van der Waals surface area contributed by atoms with Crippen molar-refractivity contribution in [3.05, 3.63) is 82.9 Å². The minimum absolute atomic E-state index is 0.312. The third-order valence-corrected chi connectivity index (χ3v) is 5.84. The van der Waals surface area contributed by atoms with E-state index in [1.54, 1.807) is 14.2 Å². The fourth-order valence-corrected chi connectivity index (χ4v) is 4.14. The molecule has 3 nitrogen and oxygen atoms in total. The molecule has 0 aromatic heterocycles. The lowest BCUT2D eigenvalue weighted by molar-refractivity contribution is 0.412. The van der Waals surface area contributed by atoms with Gasteiger partial charge in [-0.1, -0.05) is 29.8 Å². The smallest absolute Gasteiger partial charge is 0.119 e. The van der Waals surface area contributed by atoms with Crippen molar-refractivity contribution in [2.45, 2.75) is 19.3 Å². The largest absolute Gasteiger partial charge is 0.497 e. The standard InChI is InChI=1S/C24H25NO2/c1-16-6-8-17(9-7-16)24(2)20-14-18(26-4)10-12-22(20)25(3)23-13-11-19(27-5)15-21(23)24/h6-15H,1-5H3. The number of benzene rings is 3. The SMILES string of the molecule is COc1ccc2c(c1)C(C)(c1ccc(C)cc1)c1cc(OC)ccc1N2C. The number of fused-ring (bicyclic) bond motifs is 2. The number of ether oxygens (including phenoxy) is 2. The topological polar surface area (TPSA) is 21.7 Å². The summed E-state index contributed by atoms with van der Waals surface area (Å²) in [7, 11) is 5.55. The van der Waals surface area contributed by atoms with Crippen molar-refractivity contribution in [3.8, 4) is 11.5 Å². The lowest BCUT2D eigenvalue weighted by atomic mass is 9.67. The van der Waals surface area contributed by atoms with E-state index in [4.69, 9.17) is 9.47 Å². The Morgan fingerprint density at radius 3 is 1.67 bits per heavy atom. The molecule has 3 heteroatoms. The fourth-order valence-electron chi connectivity index (χ4n) is 4.14. The number of hydrogen-bond donors (Lipinski definition) is 0. The van der Waals surface area contributed by atoms with Crippen LogP contribution < -0.4 is 14.4 Å². The molecule has 0 spiro atoms. The molecule has 0 radical (unpaired) electrons. The zero-order valence-corrected chi connectivity index (χ0v) is 16.5. The first-order valence-electron chi connectivity index (χ1n) is 9.17. The van der Waals surface area contributed by atoms with Crippen LogP contribution in [0.1, 0.15) is 29.2 Å². The molecule has 0 saturated heterocycles. The van der Waals surface area contributed by atoms with Crippen LogP contribution in [0.3, 0.4) is 0 Å². The van der Waals surface area contributed by atoms with Gasteiger partial charge in [-0.2, -0.15) is 0 Å². The van der Waals surface area contributed by atoms with Gasteiger partial charge in [0.2, 0.25) is 0 Å². The normalized spacial score (nSPS) is 14.3. The summed E-state index contributed by atoms with van der Waals surface area (Å²) >= 11 is 0. The average molecular weight is 359 g/mol. The minimum atomic E-state index is -0.312. The third-order valence-electron chi connectivity index (χ3n) is 5.84. The molecule has 1 aliphatic heterocycles. The second kappa shape index (κ2) is 6.34. The second-order valence-corrected chi connectivity index (χ2v) is 7.32. The van der Waals surface area contributed by atoms with Gasteiger partial charge in [0.1, 0.15) is 11.5 Å². The van der Waals surface area contributed by atoms with Crippen molar-refractivity contribution < 1.29 is 9.47 Å². The first-order valence-corrected chi connectivity index (χ1v) is 9.17. The minimum Gasteiger partial charge on any atom is -0.497 e. The van der Waals surface area contributed by atoms with Gasteiger partial charge in [-0.05, 0) is 66.9 Å². The molecule has 3 aromatic rings. The molecule has 4 rings (SSSR count). The van der Waals surface area contributed by atoms with Crippen LogP contribution in [0.4, 0.5) is 11.4 Å². The fraction of sp³-hybridized carbons (Fsp3) is 0.250. The summed E-state index contributed by atoms with van der Waals surface area (Å²) in [6, 6.07) is 21.5. The molecule has 0 saturated carbocycles. The Morgan fingerprint density at radius 1 is 0.741 bits per heavy atom. The highest BCUT2D eigenvalue weighted by molar-refractivity contribution is 5.81. The van der Waals surface area contributed by atoms with Crippen LogP contribution in [0.2, 0.25) is 0 Å². The van der Waals surface area contributed by atoms with E-state index in [1.807, 2.05) is 12.1 Å². The Bertz CT molecular complexity index is 936. The van der Waals surface area contributed by atoms with Crippen LogP contribution in [0.25, 0.3) is 0 Å². The van der Waals surface area contributed by atoms with Gasteiger partial charge in [-0.25, -0.2) is 0 Å². The third kappa shape index (κ3) is 2.57. The first-order chi connectivity index (χ1) is 13.0. The predicted molar refractivity (Wildman–Crippen MR) is 111 cm³/mol. The monoisotopic (exact) mass is 359 g/mol. The molecule has 1 aliphatic rings. The van der Waals surface area contributed by atoms with Crippen molar-refractivity contribution in [2.24, 2.45) is 0 Å². The van der Waals surface area contributed by atoms with Gasteiger partial charge in [0.25, 0.3) is 0 Å². The molecular weight excluding hydrogens is 334 g/mol. The van der Waals surface area contributed by atoms with Crippen LogP contribution in [0.15, 0.2) is 60.7 Å². The van der Waals surface area contributed by atoms with E-state index in [2.05, 4.69) is 74.3 Å². The number of rotatable bonds is 3. The number of nitrogens with zero attached hydrogens (tertiary/aromatic N) is 1. The summed E-state index contributed by atoms with van der Waals surface area (Å²) in [5.41, 5.74) is 7.04. The molecule has 0 fully saturated rings. The summed E-state index contributed by atoms with van der Waals surface area (Å²) < 4.78 is 11.1. The maximum Gasteiger partial charge on any atom is 0.119 e. The Hall–Kier alpha value is -2.94. The number of hydrogen-bond acceptors (Lipinski definition) is 3. The lowest BCUT2D eigenvalue weighted by Crippen LogP contribution is -2.34. The first kappa shape index (κ1) is 17.5. The predicted octanol–water partition coefficient (Wildman–Crippen LogP) is 5.45. The summed E-state index contributed by atoms with van der Waals surface area (Å²) in [4.78, 5) is 2.25. The molecule has 0 bridgehead atoms. The van der Waals surface area contributed by atoms with Crippen molar-refractivity contribution in [1.29, 1.82) is 0 Å². The van der Waals surface area contributed by atoms with Crippen molar-refractivity contribution in [3.63, 3.8) is 0 Å². The summed E-state index contributed by atoms with van der Waals surface area (Å²) in [5.74, 6) is 1.73. The second-order valence-electron chi connectivity index (χ2n) is 7.32. The van der Waals surface area contributed by atoms with Gasteiger partial charge < -0.3 is 14.4 Å². The zero-order valence-electron chi connectivity index (χ0n) is 16.5. The molecule has 0 atom stereocenters. The van der Waals surface area contributed by atoms with E-state index < -0.39 is 0 Å². The number of anilines is 2. The van der Waals surface area contributed by atoms with Crippen LogP contribution in [-0.2, 0) is 5.41 Å². The van der Waals surface area contributed by atoms with E-state index in [9.17, 15) is 0 Å². The van der Waals surface area contributed by atoms with Gasteiger partial charge >= 0.3 is 0 Å². The lowest BCUT2D eigenvalue weighted by Gasteiger charge is -2.43. The summed E-state index contributed by atoms with van der Waals surface area (Å²) in [5, 5.41) is 0. The Morgan fingerprint density at radius 2 is 1.22 bits per heavy atom. The highest BCUT2D eigenvalue weighted by Gasteiger charge is 2.40. The van der Waals surface area contributed by atoms with E-state index in [1.165, 1.54) is 33.6 Å². The summed E-state index contributed by atoms with van der Waals surface area (Å²) in [6.45, 7) is 4.41. The van der Waals surface area contributed by atoms with Gasteiger partial charge in [0.05, 0.1) is 14.2 Å². The quantitative estimate of drug-likeness (QED) is 0.621. The molecule has 0 amide bonds. The van der Waals surface area contributed by atoms with Crippen LogP contribution in [0.5, 0.6) is 11.5 Å². The highest BCUT2D eigenvalue weighted by Crippen LogP contribution is 2.53. The molecule has 27 heavy (non-hydrogen) atoms. The average Bonchev–Trinajstić information content (AvgIpc) is 2.71. The number of aryl methyl sites for hydroxylation is 1. The molecule has 1 heterocycles. The van der Waals surface area contributed by atoms with E-state index in [0.717, 1.165) is 11.5 Å². The van der Waals surface area contributed by atoms with Gasteiger partial charge in [-0.15, -0.1) is 0 Å². The van der Waals surface area contributed by atoms with Crippen LogP contribution >= 0.6 is 0 Å². The van der Waals surface area contributed by atoms with Crippen LogP contribution in [-0.4, -0.2) is 21.3 Å². The van der Waals surface area contributed by atoms with Crippen LogP contribution in [0, 0.1) is 6.92 Å². The van der Waals surface area contributed by atoms with Crippen molar-refractivity contribution in [1.82, 2.24) is 0 Å². The van der Waals surface area contributed by atoms with E-state index in [-0.39, 0.29) is 5.41 Å². The van der Waals surface area contributed by atoms with Crippen molar-refractivity contribution in [2.75, 3.05) is 26.2 Å². The molecule has 3 aromatic carbocycles. The molecule has 138 valence electrons. The van der Waals surface area contributed by atoms with Gasteiger partial charge in [0.15, 0.2) is 0 Å². The molecule has 0 N–H and O–H groups in total. The van der Waals surface area contributed by atoms with E-state index >= 15 is 0 Å². The highest BCUT2D eigenvalue weighted by atomic mass is 16.5. The molecule has 0 unspecified atom stereocenters.